The highest BCUT2D eigenvalue weighted by atomic mass is 32.2. The molecule has 1 aliphatic heterocycles. The van der Waals surface area contributed by atoms with Crippen LogP contribution in [0.5, 0.6) is 5.75 Å². The summed E-state index contributed by atoms with van der Waals surface area (Å²) in [4.78, 5) is 35.2. The van der Waals surface area contributed by atoms with E-state index in [9.17, 15) is 18.8 Å². The first-order chi connectivity index (χ1) is 12.4. The number of carbonyl (C=O) groups is 3. The number of hydrogen-bond donors (Lipinski definition) is 1. The maximum atomic E-state index is 13.6. The van der Waals surface area contributed by atoms with Gasteiger partial charge in [-0.3, -0.25) is 19.7 Å². The highest BCUT2D eigenvalue weighted by molar-refractivity contribution is 8.16. The lowest BCUT2D eigenvalue weighted by Crippen LogP contribution is -2.35. The van der Waals surface area contributed by atoms with Crippen molar-refractivity contribution in [3.05, 3.63) is 65.5 Å². The van der Waals surface area contributed by atoms with Gasteiger partial charge in [-0.1, -0.05) is 24.3 Å². The molecule has 2 amide bonds. The summed E-state index contributed by atoms with van der Waals surface area (Å²) in [6, 6.07) is 12.6. The third-order valence-corrected chi connectivity index (χ3v) is 5.09. The second kappa shape index (κ2) is 7.29. The normalized spacial score (nSPS) is 19.3. The van der Waals surface area contributed by atoms with Crippen molar-refractivity contribution < 1.29 is 23.5 Å². The zero-order valence-electron chi connectivity index (χ0n) is 14.0. The molecular formula is C19H16FNO4S. The number of thioether (sulfide) groups is 1. The quantitative estimate of drug-likeness (QED) is 0.786. The summed E-state index contributed by atoms with van der Waals surface area (Å²) in [6.45, 7) is 1.44. The van der Waals surface area contributed by atoms with Crippen LogP contribution in [0.25, 0.3) is 0 Å². The number of hydrogen-bond acceptors (Lipinski definition) is 5. The lowest BCUT2D eigenvalue weighted by atomic mass is 9.99. The van der Waals surface area contributed by atoms with Crippen LogP contribution in [0, 0.1) is 5.82 Å². The SMILES string of the molecule is C[C@@]1(Cc2ccc(OCC(=O)c3ccccc3F)cc2)SC(=O)NC1=O. The van der Waals surface area contributed by atoms with Crippen molar-refractivity contribution in [1.82, 2.24) is 5.32 Å². The van der Waals surface area contributed by atoms with Crippen LogP contribution in [0.2, 0.25) is 0 Å². The first-order valence-corrected chi connectivity index (χ1v) is 8.73. The molecule has 0 aromatic heterocycles. The van der Waals surface area contributed by atoms with Crippen LogP contribution < -0.4 is 10.1 Å². The Hall–Kier alpha value is -2.67. The molecule has 134 valence electrons. The lowest BCUT2D eigenvalue weighted by molar-refractivity contribution is -0.121. The minimum atomic E-state index is -0.833. The molecule has 0 bridgehead atoms. The molecule has 1 heterocycles. The summed E-state index contributed by atoms with van der Waals surface area (Å²) >= 11 is 0.977. The smallest absolute Gasteiger partial charge is 0.286 e. The second-order valence-corrected chi connectivity index (χ2v) is 7.56. The Kier molecular flexibility index (Phi) is 5.08. The highest BCUT2D eigenvalue weighted by Gasteiger charge is 2.43. The molecule has 0 aliphatic carbocycles. The molecule has 0 radical (unpaired) electrons. The van der Waals surface area contributed by atoms with Gasteiger partial charge in [-0.15, -0.1) is 0 Å². The molecular weight excluding hydrogens is 357 g/mol. The Bertz CT molecular complexity index is 868. The molecule has 7 heteroatoms. The number of rotatable bonds is 6. The minimum Gasteiger partial charge on any atom is -0.485 e. The van der Waals surface area contributed by atoms with E-state index in [1.165, 1.54) is 18.2 Å². The van der Waals surface area contributed by atoms with E-state index in [0.29, 0.717) is 12.2 Å². The van der Waals surface area contributed by atoms with Crippen molar-refractivity contribution in [2.45, 2.75) is 18.1 Å². The monoisotopic (exact) mass is 373 g/mol. The third-order valence-electron chi connectivity index (χ3n) is 4.02. The van der Waals surface area contributed by atoms with Gasteiger partial charge in [0.1, 0.15) is 16.3 Å². The highest BCUT2D eigenvalue weighted by Crippen LogP contribution is 2.34. The van der Waals surface area contributed by atoms with Crippen LogP contribution >= 0.6 is 11.8 Å². The first-order valence-electron chi connectivity index (χ1n) is 7.91. The number of benzene rings is 2. The molecule has 0 spiro atoms. The van der Waals surface area contributed by atoms with E-state index in [0.717, 1.165) is 17.3 Å². The Morgan fingerprint density at radius 1 is 1.15 bits per heavy atom. The molecule has 1 saturated heterocycles. The number of ketones is 1. The lowest BCUT2D eigenvalue weighted by Gasteiger charge is -2.18. The fourth-order valence-corrected chi connectivity index (χ4v) is 3.56. The van der Waals surface area contributed by atoms with E-state index >= 15 is 0 Å². The van der Waals surface area contributed by atoms with Crippen molar-refractivity contribution >= 4 is 28.7 Å². The Morgan fingerprint density at radius 2 is 1.85 bits per heavy atom. The van der Waals surface area contributed by atoms with Gasteiger partial charge in [-0.05, 0) is 54.9 Å². The molecule has 26 heavy (non-hydrogen) atoms. The Labute approximate surface area is 153 Å². The fraction of sp³-hybridized carbons (Fsp3) is 0.211. The largest absolute Gasteiger partial charge is 0.485 e. The van der Waals surface area contributed by atoms with Crippen molar-refractivity contribution in [3.63, 3.8) is 0 Å². The number of imide groups is 1. The molecule has 3 rings (SSSR count). The van der Waals surface area contributed by atoms with Crippen LogP contribution in [-0.4, -0.2) is 28.3 Å². The molecule has 0 saturated carbocycles. The van der Waals surface area contributed by atoms with E-state index < -0.39 is 16.3 Å². The van der Waals surface area contributed by atoms with Gasteiger partial charge in [0, 0.05) is 0 Å². The predicted molar refractivity (Wildman–Crippen MR) is 95.9 cm³/mol. The molecule has 2 aromatic carbocycles. The Morgan fingerprint density at radius 3 is 2.46 bits per heavy atom. The summed E-state index contributed by atoms with van der Waals surface area (Å²) in [7, 11) is 0. The zero-order chi connectivity index (χ0) is 18.7. The topological polar surface area (TPSA) is 72.5 Å². The summed E-state index contributed by atoms with van der Waals surface area (Å²) in [5, 5.41) is 1.94. The van der Waals surface area contributed by atoms with Crippen LogP contribution in [-0.2, 0) is 11.2 Å². The molecule has 1 atom stereocenters. The van der Waals surface area contributed by atoms with E-state index in [2.05, 4.69) is 5.32 Å². The fourth-order valence-electron chi connectivity index (χ4n) is 2.62. The van der Waals surface area contributed by atoms with E-state index in [4.69, 9.17) is 4.74 Å². The van der Waals surface area contributed by atoms with Gasteiger partial charge in [0.15, 0.2) is 6.61 Å². The molecule has 2 aromatic rings. The van der Waals surface area contributed by atoms with E-state index in [1.807, 2.05) is 0 Å². The van der Waals surface area contributed by atoms with Crippen LogP contribution in [0.4, 0.5) is 9.18 Å². The van der Waals surface area contributed by atoms with Crippen LogP contribution in [0.3, 0.4) is 0 Å². The van der Waals surface area contributed by atoms with E-state index in [-0.39, 0.29) is 23.3 Å². The van der Waals surface area contributed by atoms with Crippen molar-refractivity contribution in [3.8, 4) is 5.75 Å². The molecule has 5 nitrogen and oxygen atoms in total. The summed E-state index contributed by atoms with van der Waals surface area (Å²) in [6.07, 6.45) is 0.393. The van der Waals surface area contributed by atoms with Crippen LogP contribution in [0.1, 0.15) is 22.8 Å². The minimum absolute atomic E-state index is 0.00835. The van der Waals surface area contributed by atoms with E-state index in [1.54, 1.807) is 37.3 Å². The summed E-state index contributed by atoms with van der Waals surface area (Å²) < 4.78 is 18.2. The van der Waals surface area contributed by atoms with Crippen LogP contribution in [0.15, 0.2) is 48.5 Å². The van der Waals surface area contributed by atoms with Gasteiger partial charge in [0.05, 0.1) is 5.56 Å². The van der Waals surface area contributed by atoms with Gasteiger partial charge in [0.25, 0.3) is 5.24 Å². The van der Waals surface area contributed by atoms with Gasteiger partial charge >= 0.3 is 0 Å². The van der Waals surface area contributed by atoms with Gasteiger partial charge < -0.3 is 4.74 Å². The average molecular weight is 373 g/mol. The predicted octanol–water partition coefficient (Wildman–Crippen LogP) is 3.37. The maximum Gasteiger partial charge on any atom is 0.286 e. The first kappa shape index (κ1) is 18.1. The zero-order valence-corrected chi connectivity index (χ0v) is 14.8. The number of halogens is 1. The molecule has 1 aliphatic rings. The number of amides is 2. The van der Waals surface area contributed by atoms with Gasteiger partial charge in [-0.2, -0.15) is 0 Å². The third kappa shape index (κ3) is 3.94. The molecule has 1 fully saturated rings. The number of carbonyl (C=O) groups excluding carboxylic acids is 3. The number of ether oxygens (including phenoxy) is 1. The van der Waals surface area contributed by atoms with Crippen molar-refractivity contribution in [2.75, 3.05) is 6.61 Å². The summed E-state index contributed by atoms with van der Waals surface area (Å²) in [5.74, 6) is -0.865. The second-order valence-electron chi connectivity index (χ2n) is 6.09. The van der Waals surface area contributed by atoms with Crippen molar-refractivity contribution in [1.29, 1.82) is 0 Å². The van der Waals surface area contributed by atoms with Crippen molar-refractivity contribution in [2.24, 2.45) is 0 Å². The summed E-state index contributed by atoms with van der Waals surface area (Å²) in [5.41, 5.74) is 0.851. The molecule has 1 N–H and O–H groups in total. The number of Topliss-reactive ketones (excluding diaryl/α,β-unsaturated/α-hetero) is 1. The van der Waals surface area contributed by atoms with Gasteiger partial charge in [-0.25, -0.2) is 4.39 Å². The average Bonchev–Trinajstić information content (AvgIpc) is 2.86. The molecule has 0 unspecified atom stereocenters. The number of nitrogens with one attached hydrogen (secondary N) is 1. The Balaban J connectivity index is 1.60. The van der Waals surface area contributed by atoms with Gasteiger partial charge in [0.2, 0.25) is 11.7 Å². The maximum absolute atomic E-state index is 13.6. The standard InChI is InChI=1S/C19H16FNO4S/c1-19(17(23)21-18(24)26-19)10-12-6-8-13(9-7-12)25-11-16(22)14-4-2-3-5-15(14)20/h2-9H,10-11H2,1H3,(H,21,23,24)/t19-/m0/s1.